The Labute approximate surface area is 118 Å². The van der Waals surface area contributed by atoms with E-state index in [1.54, 1.807) is 30.9 Å². The molecule has 0 atom stereocenters. The van der Waals surface area contributed by atoms with E-state index in [-0.39, 0.29) is 12.5 Å². The third-order valence-corrected chi connectivity index (χ3v) is 2.59. The molecule has 1 heterocycles. The Morgan fingerprint density at radius 3 is 2.35 bits per heavy atom. The third kappa shape index (κ3) is 4.53. The van der Waals surface area contributed by atoms with Crippen molar-refractivity contribution in [3.63, 3.8) is 0 Å². The van der Waals surface area contributed by atoms with Gasteiger partial charge in [0.2, 0.25) is 0 Å². The lowest BCUT2D eigenvalue weighted by Gasteiger charge is -2.20. The van der Waals surface area contributed by atoms with Crippen LogP contribution >= 0.6 is 0 Å². The summed E-state index contributed by atoms with van der Waals surface area (Å²) in [6.07, 6.45) is 1.45. The van der Waals surface area contributed by atoms with Crippen LogP contribution < -0.4 is 4.90 Å². The van der Waals surface area contributed by atoms with Crippen molar-refractivity contribution in [1.29, 1.82) is 0 Å². The van der Waals surface area contributed by atoms with Crippen LogP contribution in [0.3, 0.4) is 0 Å². The lowest BCUT2D eigenvalue weighted by Crippen LogP contribution is -2.31. The summed E-state index contributed by atoms with van der Waals surface area (Å²) < 4.78 is 9.79. The molecule has 0 saturated heterocycles. The average Bonchev–Trinajstić information content (AvgIpc) is 2.45. The number of carbonyl (C=O) groups excluding carboxylic acids is 2. The van der Waals surface area contributed by atoms with Crippen LogP contribution in [0.1, 0.15) is 31.1 Å². The first-order valence-corrected chi connectivity index (χ1v) is 6.66. The molecule has 0 saturated carbocycles. The zero-order chi connectivity index (χ0) is 15.0. The van der Waals surface area contributed by atoms with E-state index < -0.39 is 5.97 Å². The molecule has 20 heavy (non-hydrogen) atoms. The van der Waals surface area contributed by atoms with Gasteiger partial charge in [0, 0.05) is 12.7 Å². The SMILES string of the molecule is CCOC(=O)CN(CC)c1ccc(C(=O)OCC)cn1. The molecular weight excluding hydrogens is 260 g/mol. The molecule has 0 aliphatic rings. The Kier molecular flexibility index (Phi) is 6.49. The van der Waals surface area contributed by atoms with E-state index in [9.17, 15) is 9.59 Å². The van der Waals surface area contributed by atoms with Crippen molar-refractivity contribution >= 4 is 17.8 Å². The predicted octanol–water partition coefficient (Wildman–Crippen LogP) is 1.65. The molecule has 110 valence electrons. The summed E-state index contributed by atoms with van der Waals surface area (Å²) in [7, 11) is 0. The Hall–Kier alpha value is -2.11. The fourth-order valence-electron chi connectivity index (χ4n) is 1.63. The summed E-state index contributed by atoms with van der Waals surface area (Å²) in [6.45, 7) is 6.86. The van der Waals surface area contributed by atoms with Crippen LogP contribution in [0, 0.1) is 0 Å². The van der Waals surface area contributed by atoms with Gasteiger partial charge in [-0.05, 0) is 32.9 Å². The van der Waals surface area contributed by atoms with Gasteiger partial charge < -0.3 is 14.4 Å². The van der Waals surface area contributed by atoms with Crippen molar-refractivity contribution in [1.82, 2.24) is 4.98 Å². The molecule has 1 aromatic heterocycles. The third-order valence-electron chi connectivity index (χ3n) is 2.59. The van der Waals surface area contributed by atoms with Gasteiger partial charge in [0.1, 0.15) is 12.4 Å². The fraction of sp³-hybridized carbons (Fsp3) is 0.500. The molecule has 0 N–H and O–H groups in total. The highest BCUT2D eigenvalue weighted by atomic mass is 16.5. The van der Waals surface area contributed by atoms with Crippen LogP contribution in [-0.2, 0) is 14.3 Å². The van der Waals surface area contributed by atoms with Gasteiger partial charge >= 0.3 is 11.9 Å². The quantitative estimate of drug-likeness (QED) is 0.707. The maximum absolute atomic E-state index is 11.5. The molecule has 0 fully saturated rings. The molecule has 1 aromatic rings. The van der Waals surface area contributed by atoms with Crippen molar-refractivity contribution in [2.24, 2.45) is 0 Å². The topological polar surface area (TPSA) is 68.7 Å². The number of esters is 2. The van der Waals surface area contributed by atoms with E-state index in [1.807, 2.05) is 6.92 Å². The number of hydrogen-bond donors (Lipinski definition) is 0. The molecule has 6 nitrogen and oxygen atoms in total. The number of pyridine rings is 1. The molecule has 1 rings (SSSR count). The average molecular weight is 280 g/mol. The minimum atomic E-state index is -0.403. The Morgan fingerprint density at radius 2 is 1.85 bits per heavy atom. The molecule has 0 spiro atoms. The van der Waals surface area contributed by atoms with E-state index in [4.69, 9.17) is 9.47 Å². The maximum atomic E-state index is 11.5. The minimum Gasteiger partial charge on any atom is -0.465 e. The van der Waals surface area contributed by atoms with Crippen LogP contribution in [0.2, 0.25) is 0 Å². The molecular formula is C14H20N2O4. The van der Waals surface area contributed by atoms with Gasteiger partial charge in [0.05, 0.1) is 18.8 Å². The summed E-state index contributed by atoms with van der Waals surface area (Å²) in [6, 6.07) is 3.32. The molecule has 0 aliphatic heterocycles. The number of hydrogen-bond acceptors (Lipinski definition) is 6. The van der Waals surface area contributed by atoms with Crippen LogP contribution in [0.25, 0.3) is 0 Å². The van der Waals surface area contributed by atoms with E-state index in [1.165, 1.54) is 6.20 Å². The van der Waals surface area contributed by atoms with E-state index >= 15 is 0 Å². The number of aromatic nitrogens is 1. The standard InChI is InChI=1S/C14H20N2O4/c1-4-16(10-13(17)19-5-2)12-8-7-11(9-15-12)14(18)20-6-3/h7-9H,4-6,10H2,1-3H3. The second kappa shape index (κ2) is 8.14. The summed E-state index contributed by atoms with van der Waals surface area (Å²) in [5, 5.41) is 0. The van der Waals surface area contributed by atoms with Crippen molar-refractivity contribution in [3.05, 3.63) is 23.9 Å². The van der Waals surface area contributed by atoms with E-state index in [0.29, 0.717) is 31.1 Å². The number of ether oxygens (including phenoxy) is 2. The van der Waals surface area contributed by atoms with Crippen molar-refractivity contribution in [2.45, 2.75) is 20.8 Å². The smallest absolute Gasteiger partial charge is 0.339 e. The van der Waals surface area contributed by atoms with Crippen LogP contribution in [0.5, 0.6) is 0 Å². The van der Waals surface area contributed by atoms with Gasteiger partial charge in [-0.1, -0.05) is 0 Å². The van der Waals surface area contributed by atoms with Gasteiger partial charge in [-0.25, -0.2) is 9.78 Å². The Morgan fingerprint density at radius 1 is 1.15 bits per heavy atom. The summed E-state index contributed by atoms with van der Waals surface area (Å²) in [5.41, 5.74) is 0.391. The minimum absolute atomic E-state index is 0.135. The lowest BCUT2D eigenvalue weighted by atomic mass is 10.3. The van der Waals surface area contributed by atoms with E-state index in [0.717, 1.165) is 0 Å². The number of rotatable bonds is 7. The Bertz CT molecular complexity index is 445. The highest BCUT2D eigenvalue weighted by molar-refractivity contribution is 5.89. The van der Waals surface area contributed by atoms with Crippen molar-refractivity contribution in [3.8, 4) is 0 Å². The predicted molar refractivity (Wildman–Crippen MR) is 74.7 cm³/mol. The fourth-order valence-corrected chi connectivity index (χ4v) is 1.63. The second-order valence-electron chi connectivity index (χ2n) is 3.94. The van der Waals surface area contributed by atoms with Gasteiger partial charge in [0.15, 0.2) is 0 Å². The summed E-state index contributed by atoms with van der Waals surface area (Å²) in [5.74, 6) is -0.0841. The van der Waals surface area contributed by atoms with Crippen molar-refractivity contribution in [2.75, 3.05) is 31.2 Å². The normalized spacial score (nSPS) is 9.95. The summed E-state index contributed by atoms with van der Waals surface area (Å²) >= 11 is 0. The zero-order valence-corrected chi connectivity index (χ0v) is 12.1. The largest absolute Gasteiger partial charge is 0.465 e. The van der Waals surface area contributed by atoms with Crippen LogP contribution in [0.4, 0.5) is 5.82 Å². The molecule has 0 amide bonds. The van der Waals surface area contributed by atoms with Gasteiger partial charge in [-0.2, -0.15) is 0 Å². The molecule has 6 heteroatoms. The first kappa shape index (κ1) is 15.9. The summed E-state index contributed by atoms with van der Waals surface area (Å²) in [4.78, 5) is 28.9. The maximum Gasteiger partial charge on any atom is 0.339 e. The monoisotopic (exact) mass is 280 g/mol. The molecule has 0 aromatic carbocycles. The van der Waals surface area contributed by atoms with Gasteiger partial charge in [0.25, 0.3) is 0 Å². The zero-order valence-electron chi connectivity index (χ0n) is 12.1. The highest BCUT2D eigenvalue weighted by Crippen LogP contribution is 2.12. The molecule has 0 aliphatic carbocycles. The Balaban J connectivity index is 2.74. The highest BCUT2D eigenvalue weighted by Gasteiger charge is 2.13. The molecule has 0 unspecified atom stereocenters. The first-order valence-electron chi connectivity index (χ1n) is 6.66. The molecule has 0 radical (unpaired) electrons. The lowest BCUT2D eigenvalue weighted by molar-refractivity contribution is -0.141. The van der Waals surface area contributed by atoms with Crippen LogP contribution in [-0.4, -0.2) is 43.2 Å². The van der Waals surface area contributed by atoms with Crippen molar-refractivity contribution < 1.29 is 19.1 Å². The second-order valence-corrected chi connectivity index (χ2v) is 3.94. The van der Waals surface area contributed by atoms with Gasteiger partial charge in [-0.15, -0.1) is 0 Å². The number of anilines is 1. The molecule has 0 bridgehead atoms. The van der Waals surface area contributed by atoms with E-state index in [2.05, 4.69) is 4.98 Å². The van der Waals surface area contributed by atoms with Crippen LogP contribution in [0.15, 0.2) is 18.3 Å². The number of likely N-dealkylation sites (N-methyl/N-ethyl adjacent to an activating group) is 1. The first-order chi connectivity index (χ1) is 9.62. The number of nitrogens with zero attached hydrogens (tertiary/aromatic N) is 2. The van der Waals surface area contributed by atoms with Gasteiger partial charge in [-0.3, -0.25) is 4.79 Å². The number of carbonyl (C=O) groups is 2.